The van der Waals surface area contributed by atoms with Crippen LogP contribution in [-0.4, -0.2) is 52.8 Å². The largest absolute Gasteiger partial charge is 0.471 e. The molecule has 0 unspecified atom stereocenters. The maximum atomic E-state index is 12.4. The van der Waals surface area contributed by atoms with Gasteiger partial charge in [0, 0.05) is 0 Å². The van der Waals surface area contributed by atoms with Crippen molar-refractivity contribution >= 4 is 20.0 Å². The second kappa shape index (κ2) is 7.63. The third-order valence-electron chi connectivity index (χ3n) is 2.51. The summed E-state index contributed by atoms with van der Waals surface area (Å²) in [6, 6.07) is 0. The normalized spacial score (nSPS) is 17.6. The Morgan fingerprint density at radius 2 is 0.885 bits per heavy atom. The molecule has 0 aromatic heterocycles. The second-order valence-electron chi connectivity index (χ2n) is 4.58. The van der Waals surface area contributed by atoms with Crippen LogP contribution in [0.4, 0.5) is 43.9 Å². The highest BCUT2D eigenvalue weighted by Gasteiger charge is 2.73. The van der Waals surface area contributed by atoms with Crippen LogP contribution in [0.15, 0.2) is 0 Å². The number of halogens is 10. The lowest BCUT2D eigenvalue weighted by atomic mass is 10.4. The fourth-order valence-corrected chi connectivity index (χ4v) is 3.78. The zero-order valence-electron chi connectivity index (χ0n) is 12.1. The summed E-state index contributed by atoms with van der Waals surface area (Å²) in [5, 5.41) is -10.6. The molecule has 0 saturated carbocycles. The van der Waals surface area contributed by atoms with Gasteiger partial charge >= 0.3 is 22.9 Å². The van der Waals surface area contributed by atoms with Crippen LogP contribution in [0.1, 0.15) is 12.8 Å². The lowest BCUT2D eigenvalue weighted by molar-refractivity contribution is -0.242. The van der Waals surface area contributed by atoms with Crippen LogP contribution in [0.5, 0.6) is 0 Å². The van der Waals surface area contributed by atoms with Crippen molar-refractivity contribution in [3.8, 4) is 0 Å². The van der Waals surface area contributed by atoms with Crippen molar-refractivity contribution in [3.05, 3.63) is 0 Å². The fourth-order valence-electron chi connectivity index (χ4n) is 1.18. The van der Waals surface area contributed by atoms with Crippen molar-refractivity contribution in [1.29, 1.82) is 0 Å². The van der Waals surface area contributed by atoms with Crippen molar-refractivity contribution in [2.75, 3.05) is 13.1 Å². The van der Waals surface area contributed by atoms with Crippen LogP contribution < -0.4 is 9.44 Å². The number of rotatable bonds is 4. The number of hydrogen-bond acceptors (Lipinski definition) is 5. The molecular formula is C8H10F10N2O4S2. The Hall–Kier alpha value is -0.880. The minimum absolute atomic E-state index is 0.969. The molecule has 2 N–H and O–H groups in total. The first-order chi connectivity index (χ1) is 11.2. The predicted molar refractivity (Wildman–Crippen MR) is 65.1 cm³/mol. The van der Waals surface area contributed by atoms with Gasteiger partial charge in [-0.3, -0.25) is 0 Å². The molecule has 26 heavy (non-hydrogen) atoms. The third-order valence-corrected chi connectivity index (χ3v) is 6.08. The summed E-state index contributed by atoms with van der Waals surface area (Å²) in [5.74, 6) is 0. The highest BCUT2D eigenvalue weighted by atomic mass is 32.3. The average Bonchev–Trinajstić information content (AvgIpc) is 2.92. The van der Waals surface area contributed by atoms with Crippen molar-refractivity contribution in [3.63, 3.8) is 0 Å². The van der Waals surface area contributed by atoms with Crippen LogP contribution in [0.25, 0.3) is 0 Å². The quantitative estimate of drug-likeness (QED) is 0.636. The molecule has 1 heterocycles. The Bertz CT molecular complexity index is 617. The molecule has 1 aliphatic heterocycles. The monoisotopic (exact) mass is 452 g/mol. The summed E-state index contributed by atoms with van der Waals surface area (Å²) in [7, 11) is -15.0. The van der Waals surface area contributed by atoms with Gasteiger partial charge in [-0.05, 0) is 25.9 Å². The molecule has 0 aliphatic carbocycles. The van der Waals surface area contributed by atoms with Crippen molar-refractivity contribution in [1.82, 2.24) is 9.44 Å². The maximum Gasteiger partial charge on any atom is 0.471 e. The van der Waals surface area contributed by atoms with Crippen molar-refractivity contribution < 1.29 is 60.7 Å². The standard InChI is InChI=1S/C4HF10NO4S2.C4H9N/c5-1(6,7)3(11,12)20(16,17)15-21(18,19)4(13,14)2(8,9)10;1-2-4-5-3-1/h15H;5H,1-4H2. The molecule has 6 nitrogen and oxygen atoms in total. The van der Waals surface area contributed by atoms with Crippen LogP contribution in [0, 0.1) is 0 Å². The predicted octanol–water partition coefficient (Wildman–Crippen LogP) is 1.92. The Kier molecular flexibility index (Phi) is 7.37. The molecule has 0 aromatic rings. The number of sulfonamides is 2. The highest BCUT2D eigenvalue weighted by molar-refractivity contribution is 8.05. The van der Waals surface area contributed by atoms with Gasteiger partial charge in [0.05, 0.1) is 0 Å². The van der Waals surface area contributed by atoms with E-state index in [2.05, 4.69) is 5.32 Å². The van der Waals surface area contributed by atoms with Crippen LogP contribution >= 0.6 is 0 Å². The van der Waals surface area contributed by atoms with E-state index < -0.39 is 47.0 Å². The van der Waals surface area contributed by atoms with E-state index in [-0.39, 0.29) is 0 Å². The molecule has 0 spiro atoms. The van der Waals surface area contributed by atoms with Gasteiger partial charge in [-0.2, -0.15) is 43.9 Å². The molecule has 0 aromatic carbocycles. The van der Waals surface area contributed by atoms with Gasteiger partial charge in [-0.15, -0.1) is 0 Å². The molecule has 1 saturated heterocycles. The fraction of sp³-hybridized carbons (Fsp3) is 1.00. The van der Waals surface area contributed by atoms with Crippen molar-refractivity contribution in [2.45, 2.75) is 35.7 Å². The zero-order chi connectivity index (χ0) is 21.2. The Morgan fingerprint density at radius 1 is 0.615 bits per heavy atom. The molecule has 1 fully saturated rings. The van der Waals surface area contributed by atoms with Gasteiger partial charge < -0.3 is 5.32 Å². The Balaban J connectivity index is 0.00000106. The summed E-state index contributed by atoms with van der Waals surface area (Å²) in [6.07, 6.45) is -11.2. The first-order valence-electron chi connectivity index (χ1n) is 6.08. The maximum absolute atomic E-state index is 12.4. The topological polar surface area (TPSA) is 92.3 Å². The van der Waals surface area contributed by atoms with Crippen LogP contribution in [-0.2, 0) is 20.0 Å². The van der Waals surface area contributed by atoms with E-state index in [9.17, 15) is 60.7 Å². The lowest BCUT2D eigenvalue weighted by Gasteiger charge is -2.23. The Labute approximate surface area is 140 Å². The molecule has 18 heteroatoms. The second-order valence-corrected chi connectivity index (χ2v) is 8.28. The summed E-state index contributed by atoms with van der Waals surface area (Å²) >= 11 is 0. The van der Waals surface area contributed by atoms with E-state index in [4.69, 9.17) is 0 Å². The Morgan fingerprint density at radius 3 is 1.04 bits per heavy atom. The zero-order valence-corrected chi connectivity index (χ0v) is 13.7. The van der Waals surface area contributed by atoms with Gasteiger partial charge in [0.1, 0.15) is 0 Å². The van der Waals surface area contributed by atoms with Gasteiger partial charge in [-0.1, -0.05) is 4.13 Å². The summed E-state index contributed by atoms with van der Waals surface area (Å²) in [6.45, 7) is 2.50. The van der Waals surface area contributed by atoms with Crippen molar-refractivity contribution in [2.24, 2.45) is 0 Å². The number of alkyl halides is 10. The molecule has 1 aliphatic rings. The lowest BCUT2D eigenvalue weighted by Crippen LogP contribution is -2.57. The summed E-state index contributed by atoms with van der Waals surface area (Å²) < 4.78 is 160. The molecular weight excluding hydrogens is 442 g/mol. The molecule has 0 bridgehead atoms. The minimum atomic E-state index is -7.49. The van der Waals surface area contributed by atoms with E-state index in [1.165, 1.54) is 25.9 Å². The van der Waals surface area contributed by atoms with E-state index in [1.807, 2.05) is 0 Å². The van der Waals surface area contributed by atoms with Gasteiger partial charge in [-0.25, -0.2) is 16.8 Å². The molecule has 0 atom stereocenters. The first kappa shape index (κ1) is 25.1. The van der Waals surface area contributed by atoms with E-state index in [0.29, 0.717) is 0 Å². The molecule has 158 valence electrons. The molecule has 1 rings (SSSR count). The minimum Gasteiger partial charge on any atom is -0.317 e. The third kappa shape index (κ3) is 5.32. The smallest absolute Gasteiger partial charge is 0.317 e. The summed E-state index contributed by atoms with van der Waals surface area (Å²) in [5.41, 5.74) is 0. The SMILES string of the molecule is C1CCNC1.O=S(=O)(NS(=O)(=O)C(F)(F)C(F)(F)F)C(F)(F)C(F)(F)F. The van der Waals surface area contributed by atoms with Gasteiger partial charge in [0.15, 0.2) is 0 Å². The summed E-state index contributed by atoms with van der Waals surface area (Å²) in [4.78, 5) is 0. The van der Waals surface area contributed by atoms with Gasteiger partial charge in [0.25, 0.3) is 20.0 Å². The number of nitrogens with one attached hydrogen (secondary N) is 2. The van der Waals surface area contributed by atoms with E-state index in [1.54, 1.807) is 0 Å². The van der Waals surface area contributed by atoms with Gasteiger partial charge in [0.2, 0.25) is 0 Å². The highest BCUT2D eigenvalue weighted by Crippen LogP contribution is 2.42. The molecule has 0 radical (unpaired) electrons. The average molecular weight is 452 g/mol. The van der Waals surface area contributed by atoms with E-state index in [0.717, 1.165) is 0 Å². The first-order valence-corrected chi connectivity index (χ1v) is 9.05. The molecule has 0 amide bonds. The van der Waals surface area contributed by atoms with E-state index >= 15 is 0 Å². The number of hydrogen-bond donors (Lipinski definition) is 2. The van der Waals surface area contributed by atoms with Crippen LogP contribution in [0.3, 0.4) is 0 Å². The van der Waals surface area contributed by atoms with Crippen LogP contribution in [0.2, 0.25) is 0 Å².